The van der Waals surface area contributed by atoms with Gasteiger partial charge in [0.25, 0.3) is 0 Å². The van der Waals surface area contributed by atoms with Crippen LogP contribution in [-0.4, -0.2) is 6.29 Å². The molecule has 0 bridgehead atoms. The highest BCUT2D eigenvalue weighted by Gasteiger charge is 2.04. The maximum absolute atomic E-state index is 10.5. The molecule has 0 unspecified atom stereocenters. The number of halogens is 1. The van der Waals surface area contributed by atoms with Crippen molar-refractivity contribution in [3.63, 3.8) is 0 Å². The summed E-state index contributed by atoms with van der Waals surface area (Å²) in [7, 11) is 0. The number of carbonyl (C=O) groups excluding carboxylic acids is 1. The Morgan fingerprint density at radius 1 is 1.29 bits per heavy atom. The average molecular weight is 223 g/mol. The minimum atomic E-state index is 0.711. The van der Waals surface area contributed by atoms with Crippen LogP contribution < -0.4 is 0 Å². The van der Waals surface area contributed by atoms with E-state index in [0.29, 0.717) is 5.02 Å². The average Bonchev–Trinajstić information content (AvgIpc) is 2.67. The summed E-state index contributed by atoms with van der Waals surface area (Å²) in [5, 5.41) is 2.65. The maximum atomic E-state index is 10.5. The summed E-state index contributed by atoms with van der Waals surface area (Å²) in [5.74, 6) is 0. The summed E-state index contributed by atoms with van der Waals surface area (Å²) in [5.41, 5.74) is 1.97. The van der Waals surface area contributed by atoms with E-state index in [9.17, 15) is 4.79 Å². The molecule has 70 valence electrons. The van der Waals surface area contributed by atoms with Gasteiger partial charge in [0.15, 0.2) is 6.29 Å². The second kappa shape index (κ2) is 3.95. The van der Waals surface area contributed by atoms with Crippen molar-refractivity contribution in [3.8, 4) is 11.1 Å². The zero-order valence-corrected chi connectivity index (χ0v) is 8.81. The van der Waals surface area contributed by atoms with E-state index in [2.05, 4.69) is 0 Å². The molecule has 0 saturated heterocycles. The number of hydrogen-bond acceptors (Lipinski definition) is 2. The van der Waals surface area contributed by atoms with Crippen LogP contribution in [0.15, 0.2) is 35.7 Å². The highest BCUT2D eigenvalue weighted by atomic mass is 35.5. The van der Waals surface area contributed by atoms with Gasteiger partial charge >= 0.3 is 0 Å². The van der Waals surface area contributed by atoms with Gasteiger partial charge in [-0.2, -0.15) is 0 Å². The van der Waals surface area contributed by atoms with E-state index in [1.54, 1.807) is 0 Å². The first-order valence-electron chi connectivity index (χ1n) is 4.10. The number of aldehydes is 1. The van der Waals surface area contributed by atoms with Gasteiger partial charge in [-0.15, -0.1) is 11.3 Å². The number of thiophene rings is 1. The molecule has 0 radical (unpaired) electrons. The van der Waals surface area contributed by atoms with Crippen LogP contribution in [0.2, 0.25) is 5.02 Å². The molecule has 0 saturated carbocycles. The molecule has 0 spiro atoms. The monoisotopic (exact) mass is 222 g/mol. The molecule has 0 atom stereocenters. The molecule has 0 aliphatic carbocycles. The fourth-order valence-electron chi connectivity index (χ4n) is 1.25. The fourth-order valence-corrected chi connectivity index (χ4v) is 2.20. The van der Waals surface area contributed by atoms with Gasteiger partial charge in [0.1, 0.15) is 0 Å². The Labute approximate surface area is 91.0 Å². The van der Waals surface area contributed by atoms with Crippen molar-refractivity contribution < 1.29 is 4.79 Å². The third kappa shape index (κ3) is 1.72. The first-order valence-corrected chi connectivity index (χ1v) is 5.35. The largest absolute Gasteiger partial charge is 0.297 e. The van der Waals surface area contributed by atoms with Gasteiger partial charge in [-0.3, -0.25) is 4.79 Å². The van der Waals surface area contributed by atoms with Crippen molar-refractivity contribution >= 4 is 29.2 Å². The van der Waals surface area contributed by atoms with E-state index < -0.39 is 0 Å². The minimum Gasteiger partial charge on any atom is -0.297 e. The van der Waals surface area contributed by atoms with Crippen LogP contribution in [0.4, 0.5) is 0 Å². The summed E-state index contributed by atoms with van der Waals surface area (Å²) < 4.78 is 0. The van der Waals surface area contributed by atoms with Gasteiger partial charge in [0.05, 0.1) is 4.88 Å². The van der Waals surface area contributed by atoms with Crippen molar-refractivity contribution in [3.05, 3.63) is 45.6 Å². The summed E-state index contributed by atoms with van der Waals surface area (Å²) in [4.78, 5) is 11.2. The Morgan fingerprint density at radius 3 is 2.71 bits per heavy atom. The summed E-state index contributed by atoms with van der Waals surface area (Å²) in [6, 6.07) is 9.45. The van der Waals surface area contributed by atoms with Gasteiger partial charge < -0.3 is 0 Å². The highest BCUT2D eigenvalue weighted by Crippen LogP contribution is 2.30. The highest BCUT2D eigenvalue weighted by molar-refractivity contribution is 7.12. The SMILES string of the molecule is O=Cc1cc(-c2ccccc2Cl)cs1. The van der Waals surface area contributed by atoms with E-state index in [1.807, 2.05) is 35.7 Å². The van der Waals surface area contributed by atoms with Gasteiger partial charge in [0, 0.05) is 10.6 Å². The lowest BCUT2D eigenvalue weighted by Gasteiger charge is -1.99. The van der Waals surface area contributed by atoms with E-state index in [1.165, 1.54) is 11.3 Å². The third-order valence-corrected chi connectivity index (χ3v) is 3.11. The third-order valence-electron chi connectivity index (χ3n) is 1.92. The van der Waals surface area contributed by atoms with Crippen molar-refractivity contribution in [2.75, 3.05) is 0 Å². The van der Waals surface area contributed by atoms with Gasteiger partial charge in [-0.25, -0.2) is 0 Å². The molecule has 1 aromatic heterocycles. The van der Waals surface area contributed by atoms with Gasteiger partial charge in [-0.05, 0) is 23.1 Å². The van der Waals surface area contributed by atoms with Crippen LogP contribution in [0.5, 0.6) is 0 Å². The van der Waals surface area contributed by atoms with Gasteiger partial charge in [-0.1, -0.05) is 29.8 Å². The lowest BCUT2D eigenvalue weighted by Crippen LogP contribution is -1.75. The quantitative estimate of drug-likeness (QED) is 0.705. The predicted molar refractivity (Wildman–Crippen MR) is 60.2 cm³/mol. The van der Waals surface area contributed by atoms with E-state index in [0.717, 1.165) is 22.3 Å². The van der Waals surface area contributed by atoms with Crippen LogP contribution in [0.3, 0.4) is 0 Å². The molecule has 2 rings (SSSR count). The molecular weight excluding hydrogens is 216 g/mol. The molecular formula is C11H7ClOS. The Bertz CT molecular complexity index is 462. The lowest BCUT2D eigenvalue weighted by atomic mass is 10.1. The first-order chi connectivity index (χ1) is 6.81. The van der Waals surface area contributed by atoms with Crippen molar-refractivity contribution in [1.82, 2.24) is 0 Å². The minimum absolute atomic E-state index is 0.711. The Morgan fingerprint density at radius 2 is 2.07 bits per heavy atom. The standard InChI is InChI=1S/C11H7ClOS/c12-11-4-2-1-3-10(11)8-5-9(6-13)14-7-8/h1-7H. The van der Waals surface area contributed by atoms with Crippen LogP contribution in [-0.2, 0) is 0 Å². The first kappa shape index (κ1) is 9.44. The second-order valence-corrected chi connectivity index (χ2v) is 4.19. The molecule has 0 aliphatic heterocycles. The zero-order chi connectivity index (χ0) is 9.97. The normalized spacial score (nSPS) is 10.1. The van der Waals surface area contributed by atoms with Crippen molar-refractivity contribution in [1.29, 1.82) is 0 Å². The lowest BCUT2D eigenvalue weighted by molar-refractivity contribution is 0.112. The summed E-state index contributed by atoms with van der Waals surface area (Å²) in [6.07, 6.45) is 0.852. The second-order valence-electron chi connectivity index (χ2n) is 2.84. The fraction of sp³-hybridized carbons (Fsp3) is 0. The molecule has 0 aliphatic rings. The molecule has 1 heterocycles. The molecule has 14 heavy (non-hydrogen) atoms. The molecule has 0 fully saturated rings. The molecule has 1 nitrogen and oxygen atoms in total. The molecule has 0 N–H and O–H groups in total. The molecule has 3 heteroatoms. The summed E-state index contributed by atoms with van der Waals surface area (Å²) in [6.45, 7) is 0. The Kier molecular flexibility index (Phi) is 2.66. The van der Waals surface area contributed by atoms with Crippen LogP contribution in [0, 0.1) is 0 Å². The summed E-state index contributed by atoms with van der Waals surface area (Å²) >= 11 is 7.45. The number of carbonyl (C=O) groups is 1. The van der Waals surface area contributed by atoms with Crippen molar-refractivity contribution in [2.45, 2.75) is 0 Å². The van der Waals surface area contributed by atoms with E-state index in [-0.39, 0.29) is 0 Å². The predicted octanol–water partition coefficient (Wildman–Crippen LogP) is 3.88. The van der Waals surface area contributed by atoms with Crippen LogP contribution >= 0.6 is 22.9 Å². The Balaban J connectivity index is 2.49. The number of hydrogen-bond donors (Lipinski definition) is 0. The zero-order valence-electron chi connectivity index (χ0n) is 7.24. The van der Waals surface area contributed by atoms with Crippen LogP contribution in [0.25, 0.3) is 11.1 Å². The van der Waals surface area contributed by atoms with E-state index in [4.69, 9.17) is 11.6 Å². The van der Waals surface area contributed by atoms with Gasteiger partial charge in [0.2, 0.25) is 0 Å². The topological polar surface area (TPSA) is 17.1 Å². The molecule has 2 aromatic rings. The Hall–Kier alpha value is -1.12. The van der Waals surface area contributed by atoms with Crippen LogP contribution in [0.1, 0.15) is 9.67 Å². The van der Waals surface area contributed by atoms with E-state index >= 15 is 0 Å². The molecule has 1 aromatic carbocycles. The smallest absolute Gasteiger partial charge is 0.160 e. The number of rotatable bonds is 2. The molecule has 0 amide bonds. The van der Waals surface area contributed by atoms with Crippen molar-refractivity contribution in [2.24, 2.45) is 0 Å². The number of benzene rings is 1. The maximum Gasteiger partial charge on any atom is 0.160 e.